The maximum atomic E-state index is 12.4. The van der Waals surface area contributed by atoms with Gasteiger partial charge < -0.3 is 19.7 Å². The number of para-hydroxylation sites is 1. The highest BCUT2D eigenvalue weighted by molar-refractivity contribution is 6.34. The third-order valence-electron chi connectivity index (χ3n) is 5.02. The molecule has 3 rings (SSSR count). The molecule has 1 saturated heterocycles. The molecule has 1 amide bonds. The lowest BCUT2D eigenvalue weighted by molar-refractivity contribution is -0.118. The Bertz CT molecular complexity index is 789. The zero-order valence-electron chi connectivity index (χ0n) is 16.4. The van der Waals surface area contributed by atoms with Gasteiger partial charge >= 0.3 is 0 Å². The van der Waals surface area contributed by atoms with Crippen molar-refractivity contribution in [2.24, 2.45) is 0 Å². The molecule has 0 aromatic heterocycles. The number of morpholine rings is 1. The van der Waals surface area contributed by atoms with E-state index in [1.165, 1.54) is 5.56 Å². The summed E-state index contributed by atoms with van der Waals surface area (Å²) in [6.07, 6.45) is 1.09. The smallest absolute Gasteiger partial charge is 0.262 e. The molecule has 6 heteroatoms. The fraction of sp³-hybridized carbons (Fsp3) is 0.409. The minimum Gasteiger partial charge on any atom is -0.484 e. The molecule has 1 heterocycles. The van der Waals surface area contributed by atoms with Crippen LogP contribution < -0.4 is 15.0 Å². The van der Waals surface area contributed by atoms with Gasteiger partial charge in [0.2, 0.25) is 0 Å². The number of ether oxygens (including phenoxy) is 2. The Labute approximate surface area is 171 Å². The van der Waals surface area contributed by atoms with Crippen molar-refractivity contribution in [1.82, 2.24) is 0 Å². The van der Waals surface area contributed by atoms with Crippen LogP contribution in [0.3, 0.4) is 0 Å². The second-order valence-corrected chi connectivity index (χ2v) is 7.36. The molecule has 1 N–H and O–H groups in total. The molecule has 0 spiro atoms. The number of hydrogen-bond acceptors (Lipinski definition) is 4. The first-order valence-electron chi connectivity index (χ1n) is 9.72. The van der Waals surface area contributed by atoms with Crippen LogP contribution in [0.15, 0.2) is 42.5 Å². The van der Waals surface area contributed by atoms with E-state index < -0.39 is 0 Å². The van der Waals surface area contributed by atoms with Crippen LogP contribution in [0.2, 0.25) is 5.02 Å². The van der Waals surface area contributed by atoms with Gasteiger partial charge in [-0.3, -0.25) is 4.79 Å². The Hall–Kier alpha value is -2.24. The minimum atomic E-state index is -0.220. The van der Waals surface area contributed by atoms with Crippen molar-refractivity contribution in [1.29, 1.82) is 0 Å². The molecule has 1 unspecified atom stereocenters. The highest BCUT2D eigenvalue weighted by Crippen LogP contribution is 2.34. The van der Waals surface area contributed by atoms with Gasteiger partial charge in [0, 0.05) is 13.1 Å². The maximum absolute atomic E-state index is 12.4. The van der Waals surface area contributed by atoms with Crippen LogP contribution in [-0.2, 0) is 9.53 Å². The third-order valence-corrected chi connectivity index (χ3v) is 5.32. The lowest BCUT2D eigenvalue weighted by atomic mass is 9.99. The third kappa shape index (κ3) is 5.18. The van der Waals surface area contributed by atoms with Crippen LogP contribution in [0, 0.1) is 0 Å². The number of carbonyl (C=O) groups excluding carboxylic acids is 1. The first kappa shape index (κ1) is 20.5. The van der Waals surface area contributed by atoms with Crippen molar-refractivity contribution >= 4 is 28.9 Å². The standard InChI is InChI=1S/C22H27ClN2O3/c1-3-16(2)17-7-9-18(10-8-17)28-15-21(26)24-20-6-4-5-19(23)22(20)25-11-13-27-14-12-25/h4-10,16H,3,11-15H2,1-2H3,(H,24,26). The Morgan fingerprint density at radius 3 is 2.61 bits per heavy atom. The summed E-state index contributed by atoms with van der Waals surface area (Å²) in [5.41, 5.74) is 2.79. The van der Waals surface area contributed by atoms with E-state index in [0.29, 0.717) is 35.6 Å². The van der Waals surface area contributed by atoms with Crippen molar-refractivity contribution in [3.05, 3.63) is 53.1 Å². The van der Waals surface area contributed by atoms with Gasteiger partial charge in [0.25, 0.3) is 5.91 Å². The van der Waals surface area contributed by atoms with E-state index in [2.05, 4.69) is 36.2 Å². The van der Waals surface area contributed by atoms with Crippen LogP contribution >= 0.6 is 11.6 Å². The molecule has 5 nitrogen and oxygen atoms in total. The van der Waals surface area contributed by atoms with Gasteiger partial charge in [0.05, 0.1) is 29.6 Å². The summed E-state index contributed by atoms with van der Waals surface area (Å²) in [5, 5.41) is 3.54. The molecule has 2 aromatic rings. The Kier molecular flexibility index (Phi) is 7.18. The Morgan fingerprint density at radius 1 is 1.21 bits per heavy atom. The van der Waals surface area contributed by atoms with Gasteiger partial charge in [-0.1, -0.05) is 43.6 Å². The molecule has 28 heavy (non-hydrogen) atoms. The number of amides is 1. The van der Waals surface area contributed by atoms with Crippen molar-refractivity contribution in [2.75, 3.05) is 43.1 Å². The van der Waals surface area contributed by atoms with Gasteiger partial charge in [0.15, 0.2) is 6.61 Å². The minimum absolute atomic E-state index is 0.0578. The second-order valence-electron chi connectivity index (χ2n) is 6.95. The van der Waals surface area contributed by atoms with Crippen molar-refractivity contribution < 1.29 is 14.3 Å². The summed E-state index contributed by atoms with van der Waals surface area (Å²) in [6, 6.07) is 13.4. The lowest BCUT2D eigenvalue weighted by Gasteiger charge is -2.31. The molecule has 0 bridgehead atoms. The van der Waals surface area contributed by atoms with Gasteiger partial charge in [-0.05, 0) is 42.2 Å². The quantitative estimate of drug-likeness (QED) is 0.728. The lowest BCUT2D eigenvalue weighted by Crippen LogP contribution is -2.37. The zero-order chi connectivity index (χ0) is 19.9. The van der Waals surface area contributed by atoms with E-state index in [1.807, 2.05) is 30.3 Å². The number of anilines is 2. The fourth-order valence-corrected chi connectivity index (χ4v) is 3.48. The number of nitrogens with zero attached hydrogens (tertiary/aromatic N) is 1. The normalized spacial score (nSPS) is 15.2. The van der Waals surface area contributed by atoms with Crippen LogP contribution in [0.1, 0.15) is 31.7 Å². The molecule has 1 atom stereocenters. The van der Waals surface area contributed by atoms with E-state index in [0.717, 1.165) is 25.2 Å². The first-order chi connectivity index (χ1) is 13.6. The van der Waals surface area contributed by atoms with Gasteiger partial charge in [-0.2, -0.15) is 0 Å². The van der Waals surface area contributed by atoms with Crippen LogP contribution in [0.25, 0.3) is 0 Å². The van der Waals surface area contributed by atoms with E-state index in [4.69, 9.17) is 21.1 Å². The molecule has 1 fully saturated rings. The van der Waals surface area contributed by atoms with Crippen molar-refractivity contribution in [3.8, 4) is 5.75 Å². The largest absolute Gasteiger partial charge is 0.484 e. The van der Waals surface area contributed by atoms with Crippen LogP contribution in [0.4, 0.5) is 11.4 Å². The van der Waals surface area contributed by atoms with Gasteiger partial charge in [-0.15, -0.1) is 0 Å². The number of rotatable bonds is 7. The molecule has 1 aliphatic rings. The molecule has 1 aliphatic heterocycles. The average Bonchev–Trinajstić information content (AvgIpc) is 2.73. The van der Waals surface area contributed by atoms with Crippen LogP contribution in [-0.4, -0.2) is 38.8 Å². The molecule has 0 aliphatic carbocycles. The topological polar surface area (TPSA) is 50.8 Å². The summed E-state index contributed by atoms with van der Waals surface area (Å²) < 4.78 is 11.1. The predicted octanol–water partition coefficient (Wildman–Crippen LogP) is 4.71. The Balaban J connectivity index is 1.61. The summed E-state index contributed by atoms with van der Waals surface area (Å²) in [6.45, 7) is 7.08. The Morgan fingerprint density at radius 2 is 1.93 bits per heavy atom. The fourth-order valence-electron chi connectivity index (χ4n) is 3.19. The summed E-state index contributed by atoms with van der Waals surface area (Å²) in [5.74, 6) is 0.975. The second kappa shape index (κ2) is 9.80. The number of nitrogens with one attached hydrogen (secondary N) is 1. The van der Waals surface area contributed by atoms with E-state index in [1.54, 1.807) is 0 Å². The average molecular weight is 403 g/mol. The summed E-state index contributed by atoms with van der Waals surface area (Å²) in [7, 11) is 0. The van der Waals surface area contributed by atoms with Crippen LogP contribution in [0.5, 0.6) is 5.75 Å². The van der Waals surface area contributed by atoms with Gasteiger partial charge in [0.1, 0.15) is 5.75 Å². The van der Waals surface area contributed by atoms with Gasteiger partial charge in [-0.25, -0.2) is 0 Å². The van der Waals surface area contributed by atoms with E-state index >= 15 is 0 Å². The molecule has 0 radical (unpaired) electrons. The number of hydrogen-bond donors (Lipinski definition) is 1. The number of carbonyl (C=O) groups is 1. The zero-order valence-corrected chi connectivity index (χ0v) is 17.2. The first-order valence-corrected chi connectivity index (χ1v) is 10.1. The highest BCUT2D eigenvalue weighted by Gasteiger charge is 2.19. The monoisotopic (exact) mass is 402 g/mol. The molecular formula is C22H27ClN2O3. The molecular weight excluding hydrogens is 376 g/mol. The number of benzene rings is 2. The number of halogens is 1. The summed E-state index contributed by atoms with van der Waals surface area (Å²) >= 11 is 6.41. The molecule has 150 valence electrons. The maximum Gasteiger partial charge on any atom is 0.262 e. The SMILES string of the molecule is CCC(C)c1ccc(OCC(=O)Nc2cccc(Cl)c2N2CCOCC2)cc1. The van der Waals surface area contributed by atoms with Crippen molar-refractivity contribution in [3.63, 3.8) is 0 Å². The highest BCUT2D eigenvalue weighted by atomic mass is 35.5. The van der Waals surface area contributed by atoms with E-state index in [9.17, 15) is 4.79 Å². The molecule has 2 aromatic carbocycles. The van der Waals surface area contributed by atoms with Crippen molar-refractivity contribution in [2.45, 2.75) is 26.2 Å². The predicted molar refractivity (Wildman–Crippen MR) is 114 cm³/mol. The summed E-state index contributed by atoms with van der Waals surface area (Å²) in [4.78, 5) is 14.6. The van der Waals surface area contributed by atoms with E-state index in [-0.39, 0.29) is 12.5 Å². The molecule has 0 saturated carbocycles.